The monoisotopic (exact) mass is 251 g/mol. The Bertz CT molecular complexity index is 395. The number of aromatic amines is 1. The van der Waals surface area contributed by atoms with E-state index in [0.717, 1.165) is 44.0 Å². The summed E-state index contributed by atoms with van der Waals surface area (Å²) >= 11 is 0. The van der Waals surface area contributed by atoms with Crippen LogP contribution in [0.4, 0.5) is 0 Å². The molecular weight excluding hydrogens is 230 g/mol. The van der Waals surface area contributed by atoms with Gasteiger partial charge in [-0.3, -0.25) is 9.69 Å². The maximum atomic E-state index is 10.8. The van der Waals surface area contributed by atoms with Gasteiger partial charge < -0.3 is 16.0 Å². The van der Waals surface area contributed by atoms with Gasteiger partial charge in [0.15, 0.2) is 0 Å². The molecule has 0 spiro atoms. The molecule has 100 valence electrons. The minimum Gasteiger partial charge on any atom is -0.369 e. The van der Waals surface area contributed by atoms with Gasteiger partial charge in [-0.15, -0.1) is 0 Å². The molecule has 1 aliphatic rings. The summed E-state index contributed by atoms with van der Waals surface area (Å²) in [6, 6.07) is 0.512. The van der Waals surface area contributed by atoms with Crippen molar-refractivity contribution in [1.29, 1.82) is 0 Å². The van der Waals surface area contributed by atoms with Crippen LogP contribution in [0.25, 0.3) is 0 Å². The van der Waals surface area contributed by atoms with Gasteiger partial charge in [0.25, 0.3) is 0 Å². The third kappa shape index (κ3) is 3.82. The zero-order valence-electron chi connectivity index (χ0n) is 10.8. The summed E-state index contributed by atoms with van der Waals surface area (Å²) in [6.45, 7) is 5.02. The average Bonchev–Trinajstić information content (AvgIpc) is 2.74. The number of aryl methyl sites for hydroxylation is 1. The minimum absolute atomic E-state index is 0.241. The van der Waals surface area contributed by atoms with E-state index in [2.05, 4.69) is 20.2 Å². The van der Waals surface area contributed by atoms with E-state index in [4.69, 9.17) is 5.73 Å². The molecule has 2 rings (SSSR count). The SMILES string of the molecule is Cc1ncc(CNC2CCN(CC(N)=O)CC2)[nH]1. The summed E-state index contributed by atoms with van der Waals surface area (Å²) in [6.07, 6.45) is 3.98. The number of primary amides is 1. The Balaban J connectivity index is 1.69. The number of nitrogens with zero attached hydrogens (tertiary/aromatic N) is 2. The molecule has 0 atom stereocenters. The zero-order chi connectivity index (χ0) is 13.0. The van der Waals surface area contributed by atoms with E-state index in [1.807, 2.05) is 13.1 Å². The summed E-state index contributed by atoms with van der Waals surface area (Å²) in [7, 11) is 0. The van der Waals surface area contributed by atoms with Crippen molar-refractivity contribution in [2.45, 2.75) is 32.4 Å². The van der Waals surface area contributed by atoms with Gasteiger partial charge in [-0.1, -0.05) is 0 Å². The highest BCUT2D eigenvalue weighted by Crippen LogP contribution is 2.10. The van der Waals surface area contributed by atoms with Crippen LogP contribution in [0.3, 0.4) is 0 Å². The van der Waals surface area contributed by atoms with Crippen LogP contribution < -0.4 is 11.1 Å². The average molecular weight is 251 g/mol. The number of nitrogens with two attached hydrogens (primary N) is 1. The molecule has 1 aromatic heterocycles. The zero-order valence-corrected chi connectivity index (χ0v) is 10.8. The van der Waals surface area contributed by atoms with Gasteiger partial charge in [0.05, 0.1) is 6.54 Å². The van der Waals surface area contributed by atoms with Crippen molar-refractivity contribution < 1.29 is 4.79 Å². The highest BCUT2D eigenvalue weighted by atomic mass is 16.1. The van der Waals surface area contributed by atoms with Crippen LogP contribution in [0, 0.1) is 6.92 Å². The van der Waals surface area contributed by atoms with E-state index in [0.29, 0.717) is 12.6 Å². The van der Waals surface area contributed by atoms with Gasteiger partial charge in [0, 0.05) is 37.6 Å². The molecule has 0 radical (unpaired) electrons. The first-order valence-electron chi connectivity index (χ1n) is 6.38. The smallest absolute Gasteiger partial charge is 0.231 e. The Morgan fingerprint density at radius 3 is 2.89 bits per heavy atom. The fraction of sp³-hybridized carbons (Fsp3) is 0.667. The molecule has 4 N–H and O–H groups in total. The van der Waals surface area contributed by atoms with Crippen LogP contribution >= 0.6 is 0 Å². The first-order chi connectivity index (χ1) is 8.63. The van der Waals surface area contributed by atoms with Crippen LogP contribution in [0.2, 0.25) is 0 Å². The number of carbonyl (C=O) groups is 1. The Labute approximate surface area is 107 Å². The predicted octanol–water partition coefficient (Wildman–Crippen LogP) is -0.243. The molecule has 1 aromatic rings. The molecular formula is C12H21N5O. The Hall–Kier alpha value is -1.40. The molecule has 0 unspecified atom stereocenters. The Morgan fingerprint density at radius 2 is 2.33 bits per heavy atom. The van der Waals surface area contributed by atoms with Crippen molar-refractivity contribution in [3.8, 4) is 0 Å². The van der Waals surface area contributed by atoms with E-state index >= 15 is 0 Å². The third-order valence-electron chi connectivity index (χ3n) is 3.30. The van der Waals surface area contributed by atoms with Crippen molar-refractivity contribution in [3.05, 3.63) is 17.7 Å². The molecule has 0 saturated carbocycles. The predicted molar refractivity (Wildman–Crippen MR) is 68.8 cm³/mol. The summed E-state index contributed by atoms with van der Waals surface area (Å²) in [5, 5.41) is 3.51. The van der Waals surface area contributed by atoms with E-state index < -0.39 is 0 Å². The first-order valence-corrected chi connectivity index (χ1v) is 6.38. The van der Waals surface area contributed by atoms with E-state index in [9.17, 15) is 4.79 Å². The molecule has 6 heteroatoms. The maximum absolute atomic E-state index is 10.8. The van der Waals surface area contributed by atoms with Crippen LogP contribution in [0.15, 0.2) is 6.20 Å². The van der Waals surface area contributed by atoms with Crippen molar-refractivity contribution >= 4 is 5.91 Å². The highest BCUT2D eigenvalue weighted by Gasteiger charge is 2.19. The molecule has 1 saturated heterocycles. The van der Waals surface area contributed by atoms with Crippen molar-refractivity contribution in [2.75, 3.05) is 19.6 Å². The number of amides is 1. The Kier molecular flexibility index (Phi) is 4.33. The second-order valence-corrected chi connectivity index (χ2v) is 4.89. The second-order valence-electron chi connectivity index (χ2n) is 4.89. The number of hydrogen-bond donors (Lipinski definition) is 3. The van der Waals surface area contributed by atoms with Gasteiger partial charge in [0.1, 0.15) is 5.82 Å². The number of likely N-dealkylation sites (tertiary alicyclic amines) is 1. The molecule has 1 amide bonds. The lowest BCUT2D eigenvalue weighted by atomic mass is 10.1. The number of rotatable bonds is 5. The van der Waals surface area contributed by atoms with Crippen LogP contribution in [-0.4, -0.2) is 46.5 Å². The largest absolute Gasteiger partial charge is 0.369 e. The van der Waals surface area contributed by atoms with Crippen LogP contribution in [0.5, 0.6) is 0 Å². The van der Waals surface area contributed by atoms with Crippen molar-refractivity contribution in [2.24, 2.45) is 5.73 Å². The molecule has 0 aromatic carbocycles. The number of hydrogen-bond acceptors (Lipinski definition) is 4. The standard InChI is InChI=1S/C12H21N5O/c1-9-14-6-11(16-9)7-15-10-2-4-17(5-3-10)8-12(13)18/h6,10,15H,2-5,7-8H2,1H3,(H2,13,18)(H,14,16). The lowest BCUT2D eigenvalue weighted by Crippen LogP contribution is -2.45. The van der Waals surface area contributed by atoms with Gasteiger partial charge in [-0.05, 0) is 19.8 Å². The molecule has 0 aliphatic carbocycles. The van der Waals surface area contributed by atoms with Crippen LogP contribution in [-0.2, 0) is 11.3 Å². The van der Waals surface area contributed by atoms with Gasteiger partial charge in [-0.25, -0.2) is 4.98 Å². The molecule has 2 heterocycles. The number of H-pyrrole nitrogens is 1. The lowest BCUT2D eigenvalue weighted by molar-refractivity contribution is -0.119. The van der Waals surface area contributed by atoms with E-state index in [-0.39, 0.29) is 5.91 Å². The Morgan fingerprint density at radius 1 is 1.61 bits per heavy atom. The fourth-order valence-corrected chi connectivity index (χ4v) is 2.33. The topological polar surface area (TPSA) is 87.0 Å². The molecule has 0 bridgehead atoms. The minimum atomic E-state index is -0.241. The van der Waals surface area contributed by atoms with Gasteiger partial charge >= 0.3 is 0 Å². The summed E-state index contributed by atoms with van der Waals surface area (Å²) in [4.78, 5) is 20.3. The van der Waals surface area contributed by atoms with E-state index in [1.165, 1.54) is 0 Å². The summed E-state index contributed by atoms with van der Waals surface area (Å²) in [5.41, 5.74) is 6.31. The van der Waals surface area contributed by atoms with Crippen molar-refractivity contribution in [3.63, 3.8) is 0 Å². The number of piperidine rings is 1. The molecule has 6 nitrogen and oxygen atoms in total. The van der Waals surface area contributed by atoms with Crippen LogP contribution in [0.1, 0.15) is 24.4 Å². The number of carbonyl (C=O) groups excluding carboxylic acids is 1. The van der Waals surface area contributed by atoms with Crippen molar-refractivity contribution in [1.82, 2.24) is 20.2 Å². The summed E-state index contributed by atoms with van der Waals surface area (Å²) < 4.78 is 0. The fourth-order valence-electron chi connectivity index (χ4n) is 2.33. The molecule has 18 heavy (non-hydrogen) atoms. The van der Waals surface area contributed by atoms with E-state index in [1.54, 1.807) is 0 Å². The number of nitrogens with one attached hydrogen (secondary N) is 2. The van der Waals surface area contributed by atoms with Gasteiger partial charge in [-0.2, -0.15) is 0 Å². The number of aromatic nitrogens is 2. The maximum Gasteiger partial charge on any atom is 0.231 e. The quantitative estimate of drug-likeness (QED) is 0.674. The number of imidazole rings is 1. The lowest BCUT2D eigenvalue weighted by Gasteiger charge is -2.31. The van der Waals surface area contributed by atoms with Gasteiger partial charge in [0.2, 0.25) is 5.91 Å². The second kappa shape index (κ2) is 5.97. The summed E-state index contributed by atoms with van der Waals surface area (Å²) in [5.74, 6) is 0.706. The molecule has 1 aliphatic heterocycles. The highest BCUT2D eigenvalue weighted by molar-refractivity contribution is 5.75. The normalized spacial score (nSPS) is 18.1. The first kappa shape index (κ1) is 13.0. The third-order valence-corrected chi connectivity index (χ3v) is 3.30. The molecule has 1 fully saturated rings.